The van der Waals surface area contributed by atoms with Gasteiger partial charge in [-0.15, -0.1) is 0 Å². The van der Waals surface area contributed by atoms with Gasteiger partial charge in [-0.2, -0.15) is 0 Å². The molecule has 2 aliphatic carbocycles. The first kappa shape index (κ1) is 16.2. The maximum absolute atomic E-state index is 12.1. The Morgan fingerprint density at radius 3 is 2.48 bits per heavy atom. The molecular weight excluding hydrogens is 286 g/mol. The van der Waals surface area contributed by atoms with Gasteiger partial charge in [0.25, 0.3) is 0 Å². The molecule has 0 aromatic heterocycles. The number of nitrogens with one attached hydrogen (secondary N) is 1. The van der Waals surface area contributed by atoms with Crippen LogP contribution in [0, 0.1) is 24.7 Å². The maximum atomic E-state index is 12.1. The van der Waals surface area contributed by atoms with Crippen LogP contribution in [-0.2, 0) is 4.79 Å². The highest BCUT2D eigenvalue weighted by Crippen LogP contribution is 2.49. The average Bonchev–Trinajstić information content (AvgIpc) is 3.16. The Morgan fingerprint density at radius 2 is 1.87 bits per heavy atom. The predicted molar refractivity (Wildman–Crippen MR) is 91.3 cm³/mol. The van der Waals surface area contributed by atoms with Gasteiger partial charge in [0.1, 0.15) is 0 Å². The van der Waals surface area contributed by atoms with E-state index in [9.17, 15) is 9.59 Å². The first-order valence-corrected chi connectivity index (χ1v) is 8.92. The van der Waals surface area contributed by atoms with Crippen molar-refractivity contribution in [3.63, 3.8) is 0 Å². The SMILES string of the molecule is Cc1ccc(C(=O)CCC(=O)N[C@H](C)[C@@H]2C[C@H]3CC[C@H]2C3)cc1. The second-order valence-corrected chi connectivity index (χ2v) is 7.48. The van der Waals surface area contributed by atoms with Crippen LogP contribution in [0.3, 0.4) is 0 Å². The lowest BCUT2D eigenvalue weighted by molar-refractivity contribution is -0.122. The molecule has 3 nitrogen and oxygen atoms in total. The molecule has 0 saturated heterocycles. The van der Waals surface area contributed by atoms with Gasteiger partial charge in [-0.05, 0) is 50.9 Å². The lowest BCUT2D eigenvalue weighted by Gasteiger charge is -2.28. The Bertz CT molecular complexity index is 578. The summed E-state index contributed by atoms with van der Waals surface area (Å²) in [5, 5.41) is 3.13. The molecular formula is C20H27NO2. The van der Waals surface area contributed by atoms with Crippen LogP contribution in [0.25, 0.3) is 0 Å². The number of aryl methyl sites for hydroxylation is 1. The minimum absolute atomic E-state index is 0.0146. The summed E-state index contributed by atoms with van der Waals surface area (Å²) in [5.74, 6) is 2.41. The van der Waals surface area contributed by atoms with Crippen molar-refractivity contribution in [3.8, 4) is 0 Å². The van der Waals surface area contributed by atoms with Gasteiger partial charge in [0.2, 0.25) is 5.91 Å². The molecule has 124 valence electrons. The number of hydrogen-bond donors (Lipinski definition) is 1. The van der Waals surface area contributed by atoms with Gasteiger partial charge in [0.05, 0.1) is 0 Å². The Kier molecular flexibility index (Phi) is 4.84. The zero-order valence-corrected chi connectivity index (χ0v) is 14.2. The number of amides is 1. The Balaban J connectivity index is 1.44. The summed E-state index contributed by atoms with van der Waals surface area (Å²) in [7, 11) is 0. The number of hydrogen-bond acceptors (Lipinski definition) is 2. The summed E-state index contributed by atoms with van der Waals surface area (Å²) >= 11 is 0. The molecule has 1 aromatic rings. The maximum Gasteiger partial charge on any atom is 0.220 e. The van der Waals surface area contributed by atoms with Crippen molar-refractivity contribution in [2.24, 2.45) is 17.8 Å². The van der Waals surface area contributed by atoms with Crippen LogP contribution in [0.2, 0.25) is 0 Å². The van der Waals surface area contributed by atoms with Crippen LogP contribution < -0.4 is 5.32 Å². The zero-order chi connectivity index (χ0) is 16.4. The lowest BCUT2D eigenvalue weighted by Crippen LogP contribution is -2.40. The fourth-order valence-corrected chi connectivity index (χ4v) is 4.45. The van der Waals surface area contributed by atoms with Crippen molar-refractivity contribution in [2.45, 2.75) is 58.4 Å². The molecule has 2 saturated carbocycles. The minimum atomic E-state index is 0.0146. The number of benzene rings is 1. The van der Waals surface area contributed by atoms with E-state index in [1.807, 2.05) is 31.2 Å². The quantitative estimate of drug-likeness (QED) is 0.810. The van der Waals surface area contributed by atoms with E-state index in [0.29, 0.717) is 17.9 Å². The van der Waals surface area contributed by atoms with Gasteiger partial charge in [0.15, 0.2) is 5.78 Å². The fraction of sp³-hybridized carbons (Fsp3) is 0.600. The summed E-state index contributed by atoms with van der Waals surface area (Å²) in [5.41, 5.74) is 1.84. The van der Waals surface area contributed by atoms with E-state index in [0.717, 1.165) is 17.4 Å². The molecule has 2 bridgehead atoms. The number of rotatable bonds is 6. The Hall–Kier alpha value is -1.64. The third-order valence-electron chi connectivity index (χ3n) is 5.78. The topological polar surface area (TPSA) is 46.2 Å². The van der Waals surface area contributed by atoms with Gasteiger partial charge in [-0.1, -0.05) is 36.2 Å². The summed E-state index contributed by atoms with van der Waals surface area (Å²) in [6.45, 7) is 4.13. The van der Waals surface area contributed by atoms with Crippen LogP contribution in [0.4, 0.5) is 0 Å². The van der Waals surface area contributed by atoms with E-state index in [-0.39, 0.29) is 24.2 Å². The van der Waals surface area contributed by atoms with Gasteiger partial charge in [0, 0.05) is 24.4 Å². The number of carbonyl (C=O) groups excluding carboxylic acids is 2. The standard InChI is InChI=1S/C20H27NO2/c1-13-3-6-16(7-4-13)19(22)9-10-20(23)21-14(2)18-12-15-5-8-17(18)11-15/h3-4,6-7,14-15,17-18H,5,8-12H2,1-2H3,(H,21,23)/t14-,15+,17+,18+/m1/s1. The van der Waals surface area contributed by atoms with Crippen molar-refractivity contribution in [3.05, 3.63) is 35.4 Å². The Labute approximate surface area is 138 Å². The molecule has 0 heterocycles. The molecule has 3 rings (SSSR count). The zero-order valence-electron chi connectivity index (χ0n) is 14.2. The largest absolute Gasteiger partial charge is 0.353 e. The molecule has 0 spiro atoms. The molecule has 4 atom stereocenters. The average molecular weight is 313 g/mol. The summed E-state index contributed by atoms with van der Waals surface area (Å²) in [4.78, 5) is 24.3. The smallest absolute Gasteiger partial charge is 0.220 e. The highest BCUT2D eigenvalue weighted by atomic mass is 16.2. The molecule has 23 heavy (non-hydrogen) atoms. The first-order valence-electron chi connectivity index (χ1n) is 8.92. The second kappa shape index (κ2) is 6.86. The molecule has 3 heteroatoms. The van der Waals surface area contributed by atoms with E-state index in [2.05, 4.69) is 12.2 Å². The molecule has 1 aromatic carbocycles. The molecule has 2 fully saturated rings. The number of carbonyl (C=O) groups is 2. The number of fused-ring (bicyclic) bond motifs is 2. The van der Waals surface area contributed by atoms with E-state index >= 15 is 0 Å². The summed E-state index contributed by atoms with van der Waals surface area (Å²) in [6, 6.07) is 7.79. The normalized spacial score (nSPS) is 27.0. The highest BCUT2D eigenvalue weighted by molar-refractivity contribution is 5.97. The Morgan fingerprint density at radius 1 is 1.13 bits per heavy atom. The van der Waals surface area contributed by atoms with Crippen molar-refractivity contribution in [1.82, 2.24) is 5.32 Å². The van der Waals surface area contributed by atoms with Crippen LogP contribution in [0.5, 0.6) is 0 Å². The van der Waals surface area contributed by atoms with E-state index < -0.39 is 0 Å². The van der Waals surface area contributed by atoms with Gasteiger partial charge in [-0.3, -0.25) is 9.59 Å². The third kappa shape index (κ3) is 3.82. The minimum Gasteiger partial charge on any atom is -0.353 e. The van der Waals surface area contributed by atoms with Crippen molar-refractivity contribution in [2.75, 3.05) is 0 Å². The van der Waals surface area contributed by atoms with Gasteiger partial charge in [-0.25, -0.2) is 0 Å². The van der Waals surface area contributed by atoms with Crippen molar-refractivity contribution >= 4 is 11.7 Å². The van der Waals surface area contributed by atoms with E-state index in [4.69, 9.17) is 0 Å². The number of ketones is 1. The van der Waals surface area contributed by atoms with Crippen LogP contribution in [0.1, 0.15) is 61.4 Å². The third-order valence-corrected chi connectivity index (χ3v) is 5.78. The van der Waals surface area contributed by atoms with Gasteiger partial charge < -0.3 is 5.32 Å². The van der Waals surface area contributed by atoms with E-state index in [1.165, 1.54) is 25.7 Å². The molecule has 1 N–H and O–H groups in total. The van der Waals surface area contributed by atoms with Crippen LogP contribution >= 0.6 is 0 Å². The van der Waals surface area contributed by atoms with Gasteiger partial charge >= 0.3 is 0 Å². The molecule has 0 aliphatic heterocycles. The molecule has 2 aliphatic rings. The predicted octanol–water partition coefficient (Wildman–Crippen LogP) is 3.90. The van der Waals surface area contributed by atoms with Crippen molar-refractivity contribution in [1.29, 1.82) is 0 Å². The second-order valence-electron chi connectivity index (χ2n) is 7.48. The highest BCUT2D eigenvalue weighted by Gasteiger charge is 2.42. The summed E-state index contributed by atoms with van der Waals surface area (Å²) < 4.78 is 0. The lowest BCUT2D eigenvalue weighted by atomic mass is 9.84. The summed E-state index contributed by atoms with van der Waals surface area (Å²) in [6.07, 6.45) is 5.93. The monoisotopic (exact) mass is 313 g/mol. The fourth-order valence-electron chi connectivity index (χ4n) is 4.45. The molecule has 0 radical (unpaired) electrons. The van der Waals surface area contributed by atoms with Crippen molar-refractivity contribution < 1.29 is 9.59 Å². The number of Topliss-reactive ketones (excluding diaryl/α,β-unsaturated/α-hetero) is 1. The van der Waals surface area contributed by atoms with Crippen LogP contribution in [-0.4, -0.2) is 17.7 Å². The molecule has 1 amide bonds. The first-order chi connectivity index (χ1) is 11.0. The molecule has 0 unspecified atom stereocenters. The van der Waals surface area contributed by atoms with E-state index in [1.54, 1.807) is 0 Å². The van der Waals surface area contributed by atoms with Crippen LogP contribution in [0.15, 0.2) is 24.3 Å².